The van der Waals surface area contributed by atoms with E-state index in [2.05, 4.69) is 13.2 Å². The summed E-state index contributed by atoms with van der Waals surface area (Å²) in [6, 6.07) is 5.57. The van der Waals surface area contributed by atoms with Gasteiger partial charge in [-0.15, -0.1) is 13.2 Å². The molecule has 2 aliphatic rings. The van der Waals surface area contributed by atoms with Crippen LogP contribution in [-0.2, 0) is 19.8 Å². The van der Waals surface area contributed by atoms with Crippen molar-refractivity contribution in [3.63, 3.8) is 0 Å². The summed E-state index contributed by atoms with van der Waals surface area (Å²) in [4.78, 5) is 42.4. The van der Waals surface area contributed by atoms with Crippen LogP contribution in [0.4, 0.5) is 4.39 Å². The number of hydrogen-bond donors (Lipinski definition) is 0. The Kier molecular flexibility index (Phi) is 6.30. The first-order valence-electron chi connectivity index (χ1n) is 10.0. The van der Waals surface area contributed by atoms with Crippen molar-refractivity contribution < 1.29 is 18.8 Å². The minimum Gasteiger partial charge on any atom is -0.335 e. The number of amides is 3. The monoisotopic (exact) mass is 398 g/mol. The highest BCUT2D eigenvalue weighted by Gasteiger charge is 2.55. The molecule has 6 heteroatoms. The van der Waals surface area contributed by atoms with Crippen LogP contribution in [0.3, 0.4) is 0 Å². The maximum atomic E-state index is 14.0. The fourth-order valence-electron chi connectivity index (χ4n) is 4.51. The van der Waals surface area contributed by atoms with Gasteiger partial charge in [0.2, 0.25) is 17.7 Å². The van der Waals surface area contributed by atoms with Crippen molar-refractivity contribution in [3.8, 4) is 0 Å². The van der Waals surface area contributed by atoms with Crippen LogP contribution in [0.25, 0.3) is 0 Å². The van der Waals surface area contributed by atoms with Crippen LogP contribution in [-0.4, -0.2) is 46.7 Å². The molecule has 0 bridgehead atoms. The third-order valence-electron chi connectivity index (χ3n) is 5.92. The van der Waals surface area contributed by atoms with Crippen molar-refractivity contribution in [3.05, 3.63) is 61.0 Å². The van der Waals surface area contributed by atoms with E-state index >= 15 is 0 Å². The zero-order chi connectivity index (χ0) is 21.0. The molecule has 3 rings (SSSR count). The second-order valence-corrected chi connectivity index (χ2v) is 7.83. The molecular formula is C23H27FN2O3. The molecule has 154 valence electrons. The van der Waals surface area contributed by atoms with Crippen LogP contribution in [0.5, 0.6) is 0 Å². The number of benzene rings is 1. The summed E-state index contributed by atoms with van der Waals surface area (Å²) in [5.41, 5.74) is -0.999. The topological polar surface area (TPSA) is 57.7 Å². The number of nitrogens with zero attached hydrogens (tertiary/aromatic N) is 2. The second kappa shape index (κ2) is 8.72. The van der Waals surface area contributed by atoms with E-state index in [-0.39, 0.29) is 36.6 Å². The molecule has 0 N–H and O–H groups in total. The number of halogens is 1. The van der Waals surface area contributed by atoms with Crippen LogP contribution in [0.2, 0.25) is 0 Å². The molecule has 5 nitrogen and oxygen atoms in total. The Balaban J connectivity index is 2.00. The average molecular weight is 398 g/mol. The van der Waals surface area contributed by atoms with Gasteiger partial charge in [-0.3, -0.25) is 19.3 Å². The van der Waals surface area contributed by atoms with Gasteiger partial charge in [0, 0.05) is 32.0 Å². The minimum absolute atomic E-state index is 0.118. The maximum Gasteiger partial charge on any atom is 0.241 e. The van der Waals surface area contributed by atoms with Gasteiger partial charge < -0.3 is 4.90 Å². The van der Waals surface area contributed by atoms with E-state index in [1.807, 2.05) is 0 Å². The smallest absolute Gasteiger partial charge is 0.241 e. The Labute approximate surface area is 170 Å². The van der Waals surface area contributed by atoms with Gasteiger partial charge in [0.15, 0.2) is 0 Å². The van der Waals surface area contributed by atoms with E-state index in [9.17, 15) is 18.8 Å². The molecule has 1 aromatic carbocycles. The van der Waals surface area contributed by atoms with Crippen LogP contribution < -0.4 is 0 Å². The highest BCUT2D eigenvalue weighted by molar-refractivity contribution is 6.11. The van der Waals surface area contributed by atoms with E-state index < -0.39 is 11.2 Å². The zero-order valence-corrected chi connectivity index (χ0v) is 16.6. The van der Waals surface area contributed by atoms with Crippen molar-refractivity contribution in [2.75, 3.05) is 13.1 Å². The maximum absolute atomic E-state index is 14.0. The quantitative estimate of drug-likeness (QED) is 0.498. The third kappa shape index (κ3) is 4.02. The summed E-state index contributed by atoms with van der Waals surface area (Å²) >= 11 is 0. The largest absolute Gasteiger partial charge is 0.335 e. The summed E-state index contributed by atoms with van der Waals surface area (Å²) in [6.45, 7) is 7.94. The van der Waals surface area contributed by atoms with Gasteiger partial charge in [-0.25, -0.2) is 4.39 Å². The number of hydrogen-bond acceptors (Lipinski definition) is 3. The van der Waals surface area contributed by atoms with E-state index in [0.29, 0.717) is 18.7 Å². The van der Waals surface area contributed by atoms with Gasteiger partial charge in [0.05, 0.1) is 5.41 Å². The molecule has 1 atom stereocenters. The Morgan fingerprint density at radius 3 is 2.45 bits per heavy atom. The second-order valence-electron chi connectivity index (χ2n) is 7.83. The molecule has 0 unspecified atom stereocenters. The molecule has 29 heavy (non-hydrogen) atoms. The number of imide groups is 1. The summed E-state index contributed by atoms with van der Waals surface area (Å²) in [5.74, 6) is -1.45. The molecule has 1 saturated heterocycles. The first kappa shape index (κ1) is 21.0. The molecule has 0 spiro atoms. The summed E-state index contributed by atoms with van der Waals surface area (Å²) in [5, 5.41) is 0. The molecule has 1 saturated carbocycles. The van der Waals surface area contributed by atoms with Crippen molar-refractivity contribution in [1.82, 2.24) is 9.80 Å². The lowest BCUT2D eigenvalue weighted by Gasteiger charge is -2.31. The van der Waals surface area contributed by atoms with Gasteiger partial charge in [-0.1, -0.05) is 37.1 Å². The van der Waals surface area contributed by atoms with E-state index in [1.54, 1.807) is 18.2 Å². The standard InChI is InChI=1S/C23H27FN2O3/c1-3-12-25(13-4-2)20(27)15-23(17-8-7-9-18(24)14-17)16-21(28)26(22(23)29)19-10-5-6-11-19/h3-4,7-9,14,19H,1-2,5-6,10-13,15-16H2/t23-/m1/s1. The lowest BCUT2D eigenvalue weighted by Crippen LogP contribution is -2.46. The number of carbonyl (C=O) groups excluding carboxylic acids is 3. The van der Waals surface area contributed by atoms with Crippen LogP contribution in [0.15, 0.2) is 49.6 Å². The molecule has 0 aromatic heterocycles. The van der Waals surface area contributed by atoms with Crippen LogP contribution >= 0.6 is 0 Å². The molecular weight excluding hydrogens is 371 g/mol. The predicted octanol–water partition coefficient (Wildman–Crippen LogP) is 3.36. The van der Waals surface area contributed by atoms with E-state index in [0.717, 1.165) is 25.7 Å². The van der Waals surface area contributed by atoms with Crippen molar-refractivity contribution in [2.45, 2.75) is 50.0 Å². The SMILES string of the molecule is C=CCN(CC=C)C(=O)C[C@]1(c2cccc(F)c2)CC(=O)N(C2CCCC2)C1=O. The lowest BCUT2D eigenvalue weighted by molar-refractivity contribution is -0.144. The van der Waals surface area contributed by atoms with E-state index in [1.165, 1.54) is 28.0 Å². The fraction of sp³-hybridized carbons (Fsp3) is 0.435. The van der Waals surface area contributed by atoms with Crippen molar-refractivity contribution in [1.29, 1.82) is 0 Å². The Bertz CT molecular complexity index is 821. The normalized spacial score (nSPS) is 22.2. The summed E-state index contributed by atoms with van der Waals surface area (Å²) in [6.07, 6.45) is 6.40. The molecule has 3 amide bonds. The van der Waals surface area contributed by atoms with Gasteiger partial charge >= 0.3 is 0 Å². The average Bonchev–Trinajstić information content (AvgIpc) is 3.28. The zero-order valence-electron chi connectivity index (χ0n) is 16.6. The first-order valence-corrected chi connectivity index (χ1v) is 10.0. The molecule has 1 aliphatic carbocycles. The van der Waals surface area contributed by atoms with E-state index in [4.69, 9.17) is 0 Å². The molecule has 1 aromatic rings. The Morgan fingerprint density at radius 1 is 1.21 bits per heavy atom. The lowest BCUT2D eigenvalue weighted by atomic mass is 9.75. The predicted molar refractivity (Wildman–Crippen MR) is 108 cm³/mol. The number of rotatable bonds is 8. The van der Waals surface area contributed by atoms with Crippen LogP contribution in [0.1, 0.15) is 44.1 Å². The van der Waals surface area contributed by atoms with Crippen molar-refractivity contribution in [2.24, 2.45) is 0 Å². The Morgan fingerprint density at radius 2 is 1.86 bits per heavy atom. The highest BCUT2D eigenvalue weighted by atomic mass is 19.1. The summed E-state index contributed by atoms with van der Waals surface area (Å²) in [7, 11) is 0. The van der Waals surface area contributed by atoms with Gasteiger partial charge in [0.25, 0.3) is 0 Å². The van der Waals surface area contributed by atoms with Crippen LogP contribution in [0, 0.1) is 5.82 Å². The third-order valence-corrected chi connectivity index (χ3v) is 5.92. The highest BCUT2D eigenvalue weighted by Crippen LogP contribution is 2.43. The molecule has 1 aliphatic heterocycles. The molecule has 0 radical (unpaired) electrons. The first-order chi connectivity index (χ1) is 13.9. The minimum atomic E-state index is -1.38. The molecule has 1 heterocycles. The van der Waals surface area contributed by atoms with Gasteiger partial charge in [-0.2, -0.15) is 0 Å². The van der Waals surface area contributed by atoms with Gasteiger partial charge in [0.1, 0.15) is 5.82 Å². The Hall–Kier alpha value is -2.76. The van der Waals surface area contributed by atoms with Crippen molar-refractivity contribution >= 4 is 17.7 Å². The number of likely N-dealkylation sites (tertiary alicyclic amines) is 1. The number of carbonyl (C=O) groups is 3. The van der Waals surface area contributed by atoms with Gasteiger partial charge in [-0.05, 0) is 30.5 Å². The fourth-order valence-corrected chi connectivity index (χ4v) is 4.51. The summed E-state index contributed by atoms with van der Waals surface area (Å²) < 4.78 is 14.0. The molecule has 2 fully saturated rings.